The third kappa shape index (κ3) is 4.10. The predicted molar refractivity (Wildman–Crippen MR) is 67.1 cm³/mol. The van der Waals surface area contributed by atoms with E-state index in [2.05, 4.69) is 12.2 Å². The van der Waals surface area contributed by atoms with Crippen molar-refractivity contribution in [1.29, 1.82) is 0 Å². The molecule has 0 spiro atoms. The first kappa shape index (κ1) is 15.1. The molecule has 0 radical (unpaired) electrons. The molecule has 2 rings (SSSR count). The number of alkyl halides is 3. The van der Waals surface area contributed by atoms with Crippen molar-refractivity contribution in [2.75, 3.05) is 13.2 Å². The van der Waals surface area contributed by atoms with Crippen LogP contribution in [-0.4, -0.2) is 19.2 Å². The minimum Gasteiger partial charge on any atom is -0.492 e. The van der Waals surface area contributed by atoms with Crippen LogP contribution in [0, 0.1) is 11.7 Å². The molecule has 0 aromatic heterocycles. The van der Waals surface area contributed by atoms with Crippen molar-refractivity contribution in [3.05, 3.63) is 29.6 Å². The third-order valence-corrected chi connectivity index (χ3v) is 3.41. The van der Waals surface area contributed by atoms with E-state index in [0.717, 1.165) is 6.07 Å². The van der Waals surface area contributed by atoms with E-state index in [1.165, 1.54) is 18.9 Å². The summed E-state index contributed by atoms with van der Waals surface area (Å²) in [6, 6.07) is 3.07. The van der Waals surface area contributed by atoms with Crippen molar-refractivity contribution >= 4 is 0 Å². The van der Waals surface area contributed by atoms with Crippen LogP contribution in [0.25, 0.3) is 0 Å². The average molecular weight is 291 g/mol. The van der Waals surface area contributed by atoms with Gasteiger partial charge in [0.2, 0.25) is 0 Å². The van der Waals surface area contributed by atoms with E-state index in [4.69, 9.17) is 4.74 Å². The Morgan fingerprint density at radius 2 is 2.05 bits per heavy atom. The molecule has 0 amide bonds. The molecule has 20 heavy (non-hydrogen) atoms. The summed E-state index contributed by atoms with van der Waals surface area (Å²) in [5.41, 5.74) is -1.30. The molecule has 1 unspecified atom stereocenters. The first-order chi connectivity index (χ1) is 9.38. The predicted octanol–water partition coefficient (Wildman–Crippen LogP) is 3.61. The molecule has 0 heterocycles. The summed E-state index contributed by atoms with van der Waals surface area (Å²) in [6.07, 6.45) is -2.26. The molecule has 1 atom stereocenters. The lowest BCUT2D eigenvalue weighted by atomic mass is 10.2. The van der Waals surface area contributed by atoms with Gasteiger partial charge >= 0.3 is 6.18 Å². The highest BCUT2D eigenvalue weighted by molar-refractivity contribution is 5.31. The zero-order chi connectivity index (χ0) is 14.8. The van der Waals surface area contributed by atoms with Crippen LogP contribution in [0.1, 0.15) is 25.3 Å². The van der Waals surface area contributed by atoms with Crippen molar-refractivity contribution in [2.45, 2.75) is 32.0 Å². The molecule has 0 saturated heterocycles. The van der Waals surface area contributed by atoms with E-state index in [1.807, 2.05) is 0 Å². The van der Waals surface area contributed by atoms with Gasteiger partial charge in [-0.05, 0) is 43.9 Å². The molecule has 1 aliphatic carbocycles. The Bertz CT molecular complexity index is 457. The Kier molecular flexibility index (Phi) is 4.52. The second-order valence-corrected chi connectivity index (χ2v) is 5.07. The lowest BCUT2D eigenvalue weighted by Crippen LogP contribution is -2.31. The van der Waals surface area contributed by atoms with Gasteiger partial charge in [0.1, 0.15) is 18.2 Å². The van der Waals surface area contributed by atoms with Gasteiger partial charge in [0.15, 0.2) is 0 Å². The fourth-order valence-corrected chi connectivity index (χ4v) is 2.03. The van der Waals surface area contributed by atoms with Crippen LogP contribution in [0.2, 0.25) is 0 Å². The number of benzene rings is 1. The summed E-state index contributed by atoms with van der Waals surface area (Å²) in [5, 5.41) is 3.25. The van der Waals surface area contributed by atoms with E-state index in [1.54, 1.807) is 0 Å². The second kappa shape index (κ2) is 5.99. The number of rotatable bonds is 6. The fourth-order valence-electron chi connectivity index (χ4n) is 2.03. The van der Waals surface area contributed by atoms with Crippen molar-refractivity contribution in [2.24, 2.45) is 5.92 Å². The number of halogens is 4. The highest BCUT2D eigenvalue weighted by Crippen LogP contribution is 2.34. The van der Waals surface area contributed by atoms with Crippen molar-refractivity contribution in [3.8, 4) is 5.75 Å². The average Bonchev–Trinajstić information content (AvgIpc) is 3.19. The van der Waals surface area contributed by atoms with Crippen LogP contribution in [0.3, 0.4) is 0 Å². The first-order valence-corrected chi connectivity index (χ1v) is 6.61. The highest BCUT2D eigenvalue weighted by Gasteiger charge is 2.34. The lowest BCUT2D eigenvalue weighted by Gasteiger charge is -2.14. The van der Waals surface area contributed by atoms with Crippen molar-refractivity contribution < 1.29 is 22.3 Å². The summed E-state index contributed by atoms with van der Waals surface area (Å²) in [5.74, 6) is -0.553. The molecular formula is C14H17F4NO. The highest BCUT2D eigenvalue weighted by atomic mass is 19.4. The molecule has 6 heteroatoms. The monoisotopic (exact) mass is 291 g/mol. The number of hydrogen-bond donors (Lipinski definition) is 1. The summed E-state index contributed by atoms with van der Waals surface area (Å²) in [7, 11) is 0. The summed E-state index contributed by atoms with van der Waals surface area (Å²) in [6.45, 7) is 2.88. The van der Waals surface area contributed by atoms with Crippen LogP contribution >= 0.6 is 0 Å². The van der Waals surface area contributed by atoms with E-state index >= 15 is 0 Å². The molecule has 1 saturated carbocycles. The van der Waals surface area contributed by atoms with Crippen LogP contribution in [0.5, 0.6) is 5.75 Å². The molecule has 1 aliphatic rings. The molecule has 2 nitrogen and oxygen atoms in total. The van der Waals surface area contributed by atoms with E-state index in [0.29, 0.717) is 24.6 Å². The maximum absolute atomic E-state index is 13.1. The molecule has 0 aliphatic heterocycles. The smallest absolute Gasteiger partial charge is 0.419 e. The normalized spacial score (nSPS) is 17.1. The van der Waals surface area contributed by atoms with Gasteiger partial charge in [0.05, 0.1) is 5.56 Å². The SMILES string of the molecule is CC(NCCOc1ccc(F)c(C(F)(F)F)c1)C1CC1. The summed E-state index contributed by atoms with van der Waals surface area (Å²) in [4.78, 5) is 0. The van der Waals surface area contributed by atoms with Gasteiger partial charge in [0.25, 0.3) is 0 Å². The third-order valence-electron chi connectivity index (χ3n) is 3.41. The topological polar surface area (TPSA) is 21.3 Å². The quantitative estimate of drug-likeness (QED) is 0.638. The molecule has 112 valence electrons. The van der Waals surface area contributed by atoms with Crippen LogP contribution < -0.4 is 10.1 Å². The maximum atomic E-state index is 13.1. The lowest BCUT2D eigenvalue weighted by molar-refractivity contribution is -0.140. The van der Waals surface area contributed by atoms with Gasteiger partial charge in [-0.25, -0.2) is 4.39 Å². The number of nitrogens with one attached hydrogen (secondary N) is 1. The van der Waals surface area contributed by atoms with E-state index in [9.17, 15) is 17.6 Å². The van der Waals surface area contributed by atoms with Crippen LogP contribution in [0.4, 0.5) is 17.6 Å². The van der Waals surface area contributed by atoms with Crippen LogP contribution in [0.15, 0.2) is 18.2 Å². The van der Waals surface area contributed by atoms with Crippen LogP contribution in [-0.2, 0) is 6.18 Å². The molecule has 1 aromatic rings. The summed E-state index contributed by atoms with van der Waals surface area (Å²) >= 11 is 0. The van der Waals surface area contributed by atoms with Gasteiger partial charge < -0.3 is 10.1 Å². The fraction of sp³-hybridized carbons (Fsp3) is 0.571. The zero-order valence-corrected chi connectivity index (χ0v) is 11.1. The first-order valence-electron chi connectivity index (χ1n) is 6.61. The minimum absolute atomic E-state index is 0.0274. The molecule has 0 bridgehead atoms. The molecule has 1 aromatic carbocycles. The molecule has 1 fully saturated rings. The van der Waals surface area contributed by atoms with Gasteiger partial charge in [-0.2, -0.15) is 13.2 Å². The van der Waals surface area contributed by atoms with Gasteiger partial charge in [0, 0.05) is 12.6 Å². The van der Waals surface area contributed by atoms with Crippen molar-refractivity contribution in [1.82, 2.24) is 5.32 Å². The Morgan fingerprint density at radius 1 is 1.35 bits per heavy atom. The van der Waals surface area contributed by atoms with Crippen molar-refractivity contribution in [3.63, 3.8) is 0 Å². The standard InChI is InChI=1S/C14H17F4NO/c1-9(10-2-3-10)19-6-7-20-11-4-5-13(15)12(8-11)14(16,17)18/h4-5,8-10,19H,2-3,6-7H2,1H3. The Balaban J connectivity index is 1.83. The molecular weight excluding hydrogens is 274 g/mol. The Labute approximate surface area is 115 Å². The minimum atomic E-state index is -4.71. The summed E-state index contributed by atoms with van der Waals surface area (Å²) < 4.78 is 55.8. The Hall–Kier alpha value is -1.30. The van der Waals surface area contributed by atoms with Gasteiger partial charge in [-0.15, -0.1) is 0 Å². The number of ether oxygens (including phenoxy) is 1. The van der Waals surface area contributed by atoms with E-state index < -0.39 is 17.6 Å². The maximum Gasteiger partial charge on any atom is 0.419 e. The second-order valence-electron chi connectivity index (χ2n) is 5.07. The number of hydrogen-bond acceptors (Lipinski definition) is 2. The zero-order valence-electron chi connectivity index (χ0n) is 11.1. The van der Waals surface area contributed by atoms with Gasteiger partial charge in [-0.1, -0.05) is 0 Å². The Morgan fingerprint density at radius 3 is 2.65 bits per heavy atom. The van der Waals surface area contributed by atoms with E-state index in [-0.39, 0.29) is 12.4 Å². The largest absolute Gasteiger partial charge is 0.492 e. The van der Waals surface area contributed by atoms with Gasteiger partial charge in [-0.3, -0.25) is 0 Å². The molecule has 1 N–H and O–H groups in total.